The Morgan fingerprint density at radius 2 is 1.79 bits per heavy atom. The first-order valence-electron chi connectivity index (χ1n) is 9.03. The molecule has 0 aliphatic rings. The lowest BCUT2D eigenvalue weighted by Crippen LogP contribution is -2.24. The fourth-order valence-electron chi connectivity index (χ4n) is 2.60. The fourth-order valence-corrected chi connectivity index (χ4v) is 2.60. The highest BCUT2D eigenvalue weighted by molar-refractivity contribution is 5.98. The Labute approximate surface area is 164 Å². The molecule has 3 aromatic rings. The van der Waals surface area contributed by atoms with Gasteiger partial charge in [0.05, 0.1) is 11.7 Å². The van der Waals surface area contributed by atoms with Gasteiger partial charge in [0, 0.05) is 12.7 Å². The second-order valence-corrected chi connectivity index (χ2v) is 6.51. The number of rotatable bonds is 7. The lowest BCUT2D eigenvalue weighted by molar-refractivity contribution is 0.0951. The second-order valence-electron chi connectivity index (χ2n) is 6.51. The number of amides is 1. The summed E-state index contributed by atoms with van der Waals surface area (Å²) in [6, 6.07) is 18.3. The van der Waals surface area contributed by atoms with Gasteiger partial charge in [-0.15, -0.1) is 0 Å². The van der Waals surface area contributed by atoms with Crippen molar-refractivity contribution in [3.63, 3.8) is 0 Å². The first-order chi connectivity index (χ1) is 13.5. The Kier molecular flexibility index (Phi) is 6.11. The third kappa shape index (κ3) is 5.23. The van der Waals surface area contributed by atoms with Crippen LogP contribution in [-0.2, 0) is 6.54 Å². The van der Waals surface area contributed by atoms with E-state index in [0.29, 0.717) is 23.6 Å². The summed E-state index contributed by atoms with van der Waals surface area (Å²) in [6.07, 6.45) is 1.68. The number of nitrogens with one attached hydrogen (secondary N) is 1. The summed E-state index contributed by atoms with van der Waals surface area (Å²) < 4.78 is 11.5. The zero-order valence-corrected chi connectivity index (χ0v) is 15.9. The Hall–Kier alpha value is -3.54. The lowest BCUT2D eigenvalue weighted by Gasteiger charge is -2.11. The summed E-state index contributed by atoms with van der Waals surface area (Å²) in [6.45, 7) is 4.32. The van der Waals surface area contributed by atoms with Crippen molar-refractivity contribution in [3.8, 4) is 17.2 Å². The molecule has 6 nitrogen and oxygen atoms in total. The van der Waals surface area contributed by atoms with Gasteiger partial charge in [-0.1, -0.05) is 12.1 Å². The maximum Gasteiger partial charge on any atom is 0.255 e. The van der Waals surface area contributed by atoms with Crippen molar-refractivity contribution in [3.05, 3.63) is 78.0 Å². The van der Waals surface area contributed by atoms with E-state index in [2.05, 4.69) is 10.3 Å². The minimum absolute atomic E-state index is 0.126. The molecule has 0 unspecified atom stereocenters. The number of aromatic nitrogens is 1. The number of benzene rings is 2. The Balaban J connectivity index is 1.61. The molecule has 1 aromatic heterocycles. The van der Waals surface area contributed by atoms with E-state index in [0.717, 1.165) is 11.3 Å². The molecule has 0 bridgehead atoms. The molecule has 3 N–H and O–H groups in total. The second kappa shape index (κ2) is 8.90. The van der Waals surface area contributed by atoms with E-state index in [4.69, 9.17) is 15.2 Å². The van der Waals surface area contributed by atoms with Gasteiger partial charge in [0.2, 0.25) is 0 Å². The monoisotopic (exact) mass is 377 g/mol. The molecule has 0 saturated carbocycles. The van der Waals surface area contributed by atoms with Crippen molar-refractivity contribution in [1.82, 2.24) is 10.3 Å². The maximum absolute atomic E-state index is 12.2. The molecule has 6 heteroatoms. The number of carbonyl (C=O) groups excluding carboxylic acids is 1. The van der Waals surface area contributed by atoms with E-state index in [-0.39, 0.29) is 17.8 Å². The maximum atomic E-state index is 12.2. The van der Waals surface area contributed by atoms with Gasteiger partial charge in [0.15, 0.2) is 0 Å². The zero-order valence-electron chi connectivity index (χ0n) is 15.9. The molecule has 2 aromatic carbocycles. The number of pyridine rings is 1. The summed E-state index contributed by atoms with van der Waals surface area (Å²) in [4.78, 5) is 16.2. The van der Waals surface area contributed by atoms with Crippen LogP contribution in [0.1, 0.15) is 29.8 Å². The van der Waals surface area contributed by atoms with Gasteiger partial charge in [-0.05, 0) is 67.9 Å². The van der Waals surface area contributed by atoms with Gasteiger partial charge < -0.3 is 20.5 Å². The third-order valence-electron chi connectivity index (χ3n) is 3.87. The van der Waals surface area contributed by atoms with E-state index < -0.39 is 0 Å². The quantitative estimate of drug-likeness (QED) is 0.645. The van der Waals surface area contributed by atoms with E-state index >= 15 is 0 Å². The Bertz CT molecular complexity index is 940. The molecule has 1 heterocycles. The van der Waals surface area contributed by atoms with Crippen LogP contribution < -0.4 is 20.5 Å². The van der Waals surface area contributed by atoms with E-state index in [1.54, 1.807) is 18.3 Å². The summed E-state index contributed by atoms with van der Waals surface area (Å²) in [5.41, 5.74) is 7.01. The summed E-state index contributed by atoms with van der Waals surface area (Å²) in [5.74, 6) is 2.14. The number of hydrogen-bond donors (Lipinski definition) is 2. The molecule has 0 spiro atoms. The van der Waals surface area contributed by atoms with Crippen LogP contribution in [0.15, 0.2) is 66.9 Å². The first-order valence-corrected chi connectivity index (χ1v) is 9.03. The van der Waals surface area contributed by atoms with Gasteiger partial charge in [-0.25, -0.2) is 4.98 Å². The van der Waals surface area contributed by atoms with Crippen LogP contribution in [0.25, 0.3) is 0 Å². The molecule has 0 saturated heterocycles. The predicted octanol–water partition coefficient (Wildman–Crippen LogP) is 4.17. The zero-order chi connectivity index (χ0) is 19.9. The molecule has 28 heavy (non-hydrogen) atoms. The summed E-state index contributed by atoms with van der Waals surface area (Å²) in [5, 5.41) is 2.84. The van der Waals surface area contributed by atoms with Gasteiger partial charge in [0.1, 0.15) is 23.1 Å². The van der Waals surface area contributed by atoms with Crippen molar-refractivity contribution in [2.75, 3.05) is 5.73 Å². The van der Waals surface area contributed by atoms with Crippen LogP contribution in [0.5, 0.6) is 17.2 Å². The van der Waals surface area contributed by atoms with Crippen LogP contribution >= 0.6 is 0 Å². The molecule has 0 aliphatic heterocycles. The third-order valence-corrected chi connectivity index (χ3v) is 3.87. The van der Waals surface area contributed by atoms with Crippen LogP contribution in [-0.4, -0.2) is 17.0 Å². The number of carbonyl (C=O) groups is 1. The summed E-state index contributed by atoms with van der Waals surface area (Å²) in [7, 11) is 0. The van der Waals surface area contributed by atoms with Gasteiger partial charge in [-0.3, -0.25) is 4.79 Å². The number of ether oxygens (including phenoxy) is 2. The molecule has 0 aliphatic carbocycles. The SMILES string of the molecule is CC(C)Oc1ccc(Oc2cccc(CNC(=O)c3cccnc3N)c2)cc1. The van der Waals surface area contributed by atoms with Crippen LogP contribution in [0.4, 0.5) is 5.82 Å². The fraction of sp³-hybridized carbons (Fsp3) is 0.182. The highest BCUT2D eigenvalue weighted by atomic mass is 16.5. The number of nitrogen functional groups attached to an aromatic ring is 1. The van der Waals surface area contributed by atoms with Crippen molar-refractivity contribution >= 4 is 11.7 Å². The lowest BCUT2D eigenvalue weighted by atomic mass is 10.2. The molecular formula is C22H23N3O3. The average Bonchev–Trinajstić information content (AvgIpc) is 2.68. The normalized spacial score (nSPS) is 10.5. The number of hydrogen-bond acceptors (Lipinski definition) is 5. The first kappa shape index (κ1) is 19.2. The van der Waals surface area contributed by atoms with E-state index in [1.807, 2.05) is 62.4 Å². The van der Waals surface area contributed by atoms with Gasteiger partial charge >= 0.3 is 0 Å². The number of anilines is 1. The predicted molar refractivity (Wildman–Crippen MR) is 109 cm³/mol. The molecule has 0 radical (unpaired) electrons. The van der Waals surface area contributed by atoms with Crippen LogP contribution in [0.2, 0.25) is 0 Å². The van der Waals surface area contributed by atoms with Crippen molar-refractivity contribution in [2.45, 2.75) is 26.5 Å². The van der Waals surface area contributed by atoms with Crippen molar-refractivity contribution in [1.29, 1.82) is 0 Å². The molecular weight excluding hydrogens is 354 g/mol. The number of nitrogens with zero attached hydrogens (tertiary/aromatic N) is 1. The molecule has 3 rings (SSSR count). The molecule has 144 valence electrons. The molecule has 1 amide bonds. The molecule has 0 fully saturated rings. The standard InChI is InChI=1S/C22H23N3O3/c1-15(2)27-17-8-10-18(11-9-17)28-19-6-3-5-16(13-19)14-25-22(26)20-7-4-12-24-21(20)23/h3-13,15H,14H2,1-2H3,(H2,23,24)(H,25,26). The van der Waals surface area contributed by atoms with Crippen LogP contribution in [0.3, 0.4) is 0 Å². The number of nitrogens with two attached hydrogens (primary N) is 1. The van der Waals surface area contributed by atoms with Crippen molar-refractivity contribution in [2.24, 2.45) is 0 Å². The minimum Gasteiger partial charge on any atom is -0.491 e. The Morgan fingerprint density at radius 3 is 2.50 bits per heavy atom. The molecule has 0 atom stereocenters. The van der Waals surface area contributed by atoms with E-state index in [9.17, 15) is 4.79 Å². The highest BCUT2D eigenvalue weighted by Gasteiger charge is 2.09. The Morgan fingerprint density at radius 1 is 1.04 bits per heavy atom. The minimum atomic E-state index is -0.266. The van der Waals surface area contributed by atoms with Gasteiger partial charge in [-0.2, -0.15) is 0 Å². The average molecular weight is 377 g/mol. The topological polar surface area (TPSA) is 86.5 Å². The van der Waals surface area contributed by atoms with E-state index in [1.165, 1.54) is 0 Å². The highest BCUT2D eigenvalue weighted by Crippen LogP contribution is 2.25. The van der Waals surface area contributed by atoms with Gasteiger partial charge in [0.25, 0.3) is 5.91 Å². The smallest absolute Gasteiger partial charge is 0.255 e. The van der Waals surface area contributed by atoms with Crippen molar-refractivity contribution < 1.29 is 14.3 Å². The van der Waals surface area contributed by atoms with Crippen LogP contribution in [0, 0.1) is 0 Å². The largest absolute Gasteiger partial charge is 0.491 e. The summed E-state index contributed by atoms with van der Waals surface area (Å²) >= 11 is 0.